The van der Waals surface area contributed by atoms with Crippen molar-refractivity contribution < 1.29 is 4.39 Å². The molecular formula is C18H20BrF. The molecule has 0 aliphatic carbocycles. The minimum Gasteiger partial charge on any atom is -0.207 e. The van der Waals surface area contributed by atoms with Gasteiger partial charge in [-0.15, -0.1) is 0 Å². The van der Waals surface area contributed by atoms with Gasteiger partial charge >= 0.3 is 0 Å². The molecule has 0 aromatic heterocycles. The maximum Gasteiger partial charge on any atom is 0.123 e. The Labute approximate surface area is 129 Å². The minimum atomic E-state index is -0.200. The second-order valence-electron chi connectivity index (χ2n) is 5.77. The molecule has 2 heteroatoms. The molecule has 0 radical (unpaired) electrons. The molecular weight excluding hydrogens is 315 g/mol. The Hall–Kier alpha value is -1.15. The zero-order chi connectivity index (χ0) is 14.8. The number of halogens is 2. The number of rotatable bonds is 4. The quantitative estimate of drug-likeness (QED) is 0.601. The van der Waals surface area contributed by atoms with Gasteiger partial charge in [-0.25, -0.2) is 4.39 Å². The molecule has 20 heavy (non-hydrogen) atoms. The van der Waals surface area contributed by atoms with Crippen LogP contribution < -0.4 is 0 Å². The Balaban J connectivity index is 2.23. The average molecular weight is 335 g/mol. The van der Waals surface area contributed by atoms with E-state index in [1.807, 2.05) is 12.1 Å². The number of benzene rings is 2. The first-order valence-corrected chi connectivity index (χ1v) is 7.85. The first-order valence-electron chi connectivity index (χ1n) is 6.94. The van der Waals surface area contributed by atoms with Crippen LogP contribution in [0.25, 0.3) is 0 Å². The third kappa shape index (κ3) is 3.29. The SMILES string of the molecule is CCC(C)(C)c1ccc(C(Br)c2ccc(F)cc2)cc1. The van der Waals surface area contributed by atoms with Crippen molar-refractivity contribution in [2.75, 3.05) is 0 Å². The van der Waals surface area contributed by atoms with E-state index in [2.05, 4.69) is 61.0 Å². The maximum atomic E-state index is 13.0. The van der Waals surface area contributed by atoms with Gasteiger partial charge in [-0.1, -0.05) is 73.1 Å². The molecule has 106 valence electrons. The van der Waals surface area contributed by atoms with Crippen LogP contribution in [0.4, 0.5) is 4.39 Å². The van der Waals surface area contributed by atoms with E-state index in [1.54, 1.807) is 0 Å². The summed E-state index contributed by atoms with van der Waals surface area (Å²) in [6.45, 7) is 6.72. The van der Waals surface area contributed by atoms with Crippen molar-refractivity contribution in [3.8, 4) is 0 Å². The van der Waals surface area contributed by atoms with Gasteiger partial charge in [0.25, 0.3) is 0 Å². The molecule has 0 nitrogen and oxygen atoms in total. The fraction of sp³-hybridized carbons (Fsp3) is 0.333. The highest BCUT2D eigenvalue weighted by molar-refractivity contribution is 9.09. The van der Waals surface area contributed by atoms with Crippen LogP contribution in [-0.4, -0.2) is 0 Å². The fourth-order valence-electron chi connectivity index (χ4n) is 2.13. The molecule has 2 aromatic rings. The summed E-state index contributed by atoms with van der Waals surface area (Å²) in [6, 6.07) is 15.3. The summed E-state index contributed by atoms with van der Waals surface area (Å²) in [5.41, 5.74) is 3.81. The summed E-state index contributed by atoms with van der Waals surface area (Å²) in [6.07, 6.45) is 1.11. The van der Waals surface area contributed by atoms with Crippen LogP contribution in [0.5, 0.6) is 0 Å². The van der Waals surface area contributed by atoms with Gasteiger partial charge in [0.1, 0.15) is 5.82 Å². The molecule has 2 rings (SSSR count). The summed E-state index contributed by atoms with van der Waals surface area (Å²) >= 11 is 3.69. The normalized spacial score (nSPS) is 13.2. The Morgan fingerprint density at radius 2 is 1.40 bits per heavy atom. The molecule has 2 aromatic carbocycles. The van der Waals surface area contributed by atoms with Crippen LogP contribution >= 0.6 is 15.9 Å². The van der Waals surface area contributed by atoms with Gasteiger partial charge in [-0.2, -0.15) is 0 Å². The van der Waals surface area contributed by atoms with Gasteiger partial charge in [0.15, 0.2) is 0 Å². The largest absolute Gasteiger partial charge is 0.207 e. The van der Waals surface area contributed by atoms with Crippen molar-refractivity contribution in [3.05, 3.63) is 71.0 Å². The molecule has 0 amide bonds. The molecule has 0 aliphatic rings. The Morgan fingerprint density at radius 3 is 1.85 bits per heavy atom. The van der Waals surface area contributed by atoms with Gasteiger partial charge < -0.3 is 0 Å². The molecule has 0 heterocycles. The number of alkyl halides is 1. The van der Waals surface area contributed by atoms with Gasteiger partial charge in [0.05, 0.1) is 4.83 Å². The fourth-order valence-corrected chi connectivity index (χ4v) is 2.74. The Kier molecular flexibility index (Phi) is 4.64. The van der Waals surface area contributed by atoms with Crippen LogP contribution in [0.3, 0.4) is 0 Å². The van der Waals surface area contributed by atoms with Gasteiger partial charge in [-0.05, 0) is 40.7 Å². The van der Waals surface area contributed by atoms with E-state index in [0.717, 1.165) is 12.0 Å². The highest BCUT2D eigenvalue weighted by atomic mass is 79.9. The van der Waals surface area contributed by atoms with E-state index in [-0.39, 0.29) is 16.1 Å². The predicted octanol–water partition coefficient (Wildman–Crippen LogP) is 6.00. The van der Waals surface area contributed by atoms with Crippen LogP contribution in [-0.2, 0) is 5.41 Å². The highest BCUT2D eigenvalue weighted by Gasteiger charge is 2.18. The average Bonchev–Trinajstić information content (AvgIpc) is 2.47. The highest BCUT2D eigenvalue weighted by Crippen LogP contribution is 2.33. The molecule has 0 N–H and O–H groups in total. The second-order valence-corrected chi connectivity index (χ2v) is 6.69. The van der Waals surface area contributed by atoms with Gasteiger partial charge in [-0.3, -0.25) is 0 Å². The zero-order valence-corrected chi connectivity index (χ0v) is 13.7. The van der Waals surface area contributed by atoms with Crippen LogP contribution in [0.2, 0.25) is 0 Å². The predicted molar refractivity (Wildman–Crippen MR) is 86.9 cm³/mol. The van der Waals surface area contributed by atoms with E-state index in [0.29, 0.717) is 0 Å². The molecule has 0 bridgehead atoms. The summed E-state index contributed by atoms with van der Waals surface area (Å²) in [5, 5.41) is 0. The monoisotopic (exact) mass is 334 g/mol. The minimum absolute atomic E-state index is 0.0990. The third-order valence-electron chi connectivity index (χ3n) is 4.03. The standard InChI is InChI=1S/C18H20BrF/c1-4-18(2,3)15-9-5-13(6-10-15)17(19)14-7-11-16(20)12-8-14/h5-12,17H,4H2,1-3H3. The lowest BCUT2D eigenvalue weighted by atomic mass is 9.82. The second kappa shape index (κ2) is 6.09. The third-order valence-corrected chi connectivity index (χ3v) is 5.09. The van der Waals surface area contributed by atoms with E-state index in [1.165, 1.54) is 23.3 Å². The zero-order valence-electron chi connectivity index (χ0n) is 12.2. The molecule has 1 unspecified atom stereocenters. The van der Waals surface area contributed by atoms with E-state index in [9.17, 15) is 4.39 Å². The first-order chi connectivity index (χ1) is 9.44. The molecule has 0 saturated heterocycles. The Bertz CT molecular complexity index is 555. The van der Waals surface area contributed by atoms with Gasteiger partial charge in [0, 0.05) is 0 Å². The lowest BCUT2D eigenvalue weighted by Gasteiger charge is -2.24. The lowest BCUT2D eigenvalue weighted by molar-refractivity contribution is 0.506. The molecule has 0 aliphatic heterocycles. The van der Waals surface area contributed by atoms with Crippen LogP contribution in [0.1, 0.15) is 48.7 Å². The molecule has 1 atom stereocenters. The lowest BCUT2D eigenvalue weighted by Crippen LogP contribution is -2.15. The summed E-state index contributed by atoms with van der Waals surface area (Å²) in [7, 11) is 0. The van der Waals surface area contributed by atoms with Crippen molar-refractivity contribution >= 4 is 15.9 Å². The molecule has 0 spiro atoms. The van der Waals surface area contributed by atoms with Crippen LogP contribution in [0.15, 0.2) is 48.5 Å². The van der Waals surface area contributed by atoms with E-state index < -0.39 is 0 Å². The van der Waals surface area contributed by atoms with Crippen molar-refractivity contribution in [1.82, 2.24) is 0 Å². The number of hydrogen-bond acceptors (Lipinski definition) is 0. The molecule has 0 saturated carbocycles. The molecule has 0 fully saturated rings. The van der Waals surface area contributed by atoms with E-state index in [4.69, 9.17) is 0 Å². The summed E-state index contributed by atoms with van der Waals surface area (Å²) in [4.78, 5) is 0.0990. The van der Waals surface area contributed by atoms with Crippen molar-refractivity contribution in [2.45, 2.75) is 37.4 Å². The Morgan fingerprint density at radius 1 is 0.950 bits per heavy atom. The summed E-state index contributed by atoms with van der Waals surface area (Å²) in [5.74, 6) is -0.200. The van der Waals surface area contributed by atoms with Gasteiger partial charge in [0.2, 0.25) is 0 Å². The van der Waals surface area contributed by atoms with Crippen LogP contribution in [0, 0.1) is 5.82 Å². The summed E-state index contributed by atoms with van der Waals surface area (Å²) < 4.78 is 13.0. The first kappa shape index (κ1) is 15.2. The smallest absolute Gasteiger partial charge is 0.123 e. The number of hydrogen-bond donors (Lipinski definition) is 0. The maximum absolute atomic E-state index is 13.0. The van der Waals surface area contributed by atoms with Crippen molar-refractivity contribution in [1.29, 1.82) is 0 Å². The topological polar surface area (TPSA) is 0 Å². The van der Waals surface area contributed by atoms with Crippen molar-refractivity contribution in [3.63, 3.8) is 0 Å². The van der Waals surface area contributed by atoms with Crippen molar-refractivity contribution in [2.24, 2.45) is 0 Å². The van der Waals surface area contributed by atoms with E-state index >= 15 is 0 Å².